The van der Waals surface area contributed by atoms with Gasteiger partial charge in [-0.1, -0.05) is 19.1 Å². The Balaban J connectivity index is 1.52. The van der Waals surface area contributed by atoms with Gasteiger partial charge < -0.3 is 20.1 Å². The van der Waals surface area contributed by atoms with Crippen LogP contribution in [0, 0.1) is 17.3 Å². The van der Waals surface area contributed by atoms with Crippen molar-refractivity contribution in [2.24, 2.45) is 17.3 Å². The molecule has 7 nitrogen and oxygen atoms in total. The predicted molar refractivity (Wildman–Crippen MR) is 100 cm³/mol. The van der Waals surface area contributed by atoms with Crippen LogP contribution in [0.15, 0.2) is 24.3 Å². The van der Waals surface area contributed by atoms with E-state index < -0.39 is 11.7 Å². The lowest BCUT2D eigenvalue weighted by Crippen LogP contribution is -2.69. The number of carbonyl (C=O) groups excluding carboxylic acids is 3. The fraction of sp³-hybridized carbons (Fsp3) is 0.571. The van der Waals surface area contributed by atoms with Gasteiger partial charge in [0.2, 0.25) is 5.91 Å². The summed E-state index contributed by atoms with van der Waals surface area (Å²) in [4.78, 5) is 37.0. The first-order valence-corrected chi connectivity index (χ1v) is 9.91. The van der Waals surface area contributed by atoms with Crippen molar-refractivity contribution in [3.8, 4) is 5.75 Å². The number of rotatable bonds is 4. The standard InChI is InChI=1S/C21H26N2O5/c1-3-27-17(24)11-22-19(26)15-10-13-8-9-20(15,2)12-21(13)23-18(25)14-6-4-5-7-16(14)28-21/h4-7,13,15H,3,8-12H2,1-2H3,(H,22,26)(H,23,25)/t13-,15-,20+,21-/m0/s1. The molecule has 3 saturated carbocycles. The molecule has 150 valence electrons. The minimum atomic E-state index is -0.768. The molecule has 0 aromatic heterocycles. The van der Waals surface area contributed by atoms with E-state index in [1.807, 2.05) is 18.2 Å². The van der Waals surface area contributed by atoms with Crippen molar-refractivity contribution in [1.29, 1.82) is 0 Å². The first kappa shape index (κ1) is 18.8. The van der Waals surface area contributed by atoms with Gasteiger partial charge in [-0.25, -0.2) is 0 Å². The molecular weight excluding hydrogens is 360 g/mol. The molecule has 1 aliphatic heterocycles. The number of fused-ring (bicyclic) bond motifs is 3. The fourth-order valence-corrected chi connectivity index (χ4v) is 5.15. The molecule has 4 atom stereocenters. The molecule has 0 saturated heterocycles. The van der Waals surface area contributed by atoms with Crippen LogP contribution in [0.4, 0.5) is 0 Å². The number of ether oxygens (including phenoxy) is 2. The average molecular weight is 386 g/mol. The molecule has 1 spiro atoms. The maximum absolute atomic E-state index is 12.8. The zero-order valence-corrected chi connectivity index (χ0v) is 16.2. The second-order valence-corrected chi connectivity index (χ2v) is 8.32. The number of benzene rings is 1. The Morgan fingerprint density at radius 3 is 2.89 bits per heavy atom. The Hall–Kier alpha value is -2.57. The van der Waals surface area contributed by atoms with Crippen molar-refractivity contribution in [1.82, 2.24) is 10.6 Å². The van der Waals surface area contributed by atoms with Crippen molar-refractivity contribution in [2.75, 3.05) is 13.2 Å². The van der Waals surface area contributed by atoms with Crippen LogP contribution < -0.4 is 15.4 Å². The quantitative estimate of drug-likeness (QED) is 0.772. The second-order valence-electron chi connectivity index (χ2n) is 8.32. The monoisotopic (exact) mass is 386 g/mol. The summed E-state index contributed by atoms with van der Waals surface area (Å²) in [5.41, 5.74) is -0.535. The molecule has 2 bridgehead atoms. The topological polar surface area (TPSA) is 93.7 Å². The highest BCUT2D eigenvalue weighted by atomic mass is 16.5. The molecule has 3 aliphatic carbocycles. The summed E-state index contributed by atoms with van der Waals surface area (Å²) in [5.74, 6) is -0.253. The SMILES string of the molecule is CCOC(=O)CNC(=O)[C@@H]1C[C@@H]2CC[C@]1(C)C[C@@]21NC(=O)c2ccccc2O1. The highest BCUT2D eigenvalue weighted by molar-refractivity contribution is 5.98. The van der Waals surface area contributed by atoms with Crippen LogP contribution in [0.5, 0.6) is 5.75 Å². The van der Waals surface area contributed by atoms with E-state index in [0.717, 1.165) is 12.8 Å². The van der Waals surface area contributed by atoms with Crippen molar-refractivity contribution in [3.63, 3.8) is 0 Å². The van der Waals surface area contributed by atoms with E-state index in [-0.39, 0.29) is 35.6 Å². The Kier molecular flexibility index (Phi) is 4.56. The highest BCUT2D eigenvalue weighted by Gasteiger charge is 2.61. The molecule has 5 rings (SSSR count). The van der Waals surface area contributed by atoms with Crippen LogP contribution in [-0.4, -0.2) is 36.7 Å². The summed E-state index contributed by atoms with van der Waals surface area (Å²) in [5, 5.41) is 5.83. The van der Waals surface area contributed by atoms with Gasteiger partial charge in [0.25, 0.3) is 5.91 Å². The third-order valence-corrected chi connectivity index (χ3v) is 6.53. The van der Waals surface area contributed by atoms with Crippen LogP contribution in [0.1, 0.15) is 49.9 Å². The zero-order valence-electron chi connectivity index (χ0n) is 16.2. The number of hydrogen-bond donors (Lipinski definition) is 2. The zero-order chi connectivity index (χ0) is 19.9. The molecule has 2 amide bonds. The lowest BCUT2D eigenvalue weighted by molar-refractivity contribution is -0.168. The van der Waals surface area contributed by atoms with Crippen molar-refractivity contribution < 1.29 is 23.9 Å². The summed E-state index contributed by atoms with van der Waals surface area (Å²) in [7, 11) is 0. The Bertz CT molecular complexity index is 825. The molecule has 7 heteroatoms. The summed E-state index contributed by atoms with van der Waals surface area (Å²) in [6, 6.07) is 7.26. The van der Waals surface area contributed by atoms with E-state index in [9.17, 15) is 14.4 Å². The van der Waals surface area contributed by atoms with E-state index in [2.05, 4.69) is 17.6 Å². The summed E-state index contributed by atoms with van der Waals surface area (Å²) >= 11 is 0. The van der Waals surface area contributed by atoms with Gasteiger partial charge in [0.05, 0.1) is 12.2 Å². The largest absolute Gasteiger partial charge is 0.467 e. The Morgan fingerprint density at radius 1 is 1.36 bits per heavy atom. The van der Waals surface area contributed by atoms with Gasteiger partial charge in [-0.05, 0) is 43.7 Å². The predicted octanol–water partition coefficient (Wildman–Crippen LogP) is 2.01. The summed E-state index contributed by atoms with van der Waals surface area (Å²) in [6.07, 6.45) is 2.97. The van der Waals surface area contributed by atoms with Crippen LogP contribution in [0.2, 0.25) is 0 Å². The normalized spacial score (nSPS) is 32.9. The maximum Gasteiger partial charge on any atom is 0.325 e. The number of carbonyl (C=O) groups is 3. The first-order chi connectivity index (χ1) is 13.4. The van der Waals surface area contributed by atoms with Crippen molar-refractivity contribution in [3.05, 3.63) is 29.8 Å². The molecule has 1 aromatic rings. The van der Waals surface area contributed by atoms with E-state index in [1.54, 1.807) is 13.0 Å². The van der Waals surface area contributed by atoms with Gasteiger partial charge >= 0.3 is 5.97 Å². The molecule has 1 heterocycles. The first-order valence-electron chi connectivity index (χ1n) is 9.91. The Labute approximate surface area is 164 Å². The van der Waals surface area contributed by atoms with Crippen LogP contribution in [0.3, 0.4) is 0 Å². The summed E-state index contributed by atoms with van der Waals surface area (Å²) in [6.45, 7) is 3.99. The maximum atomic E-state index is 12.8. The van der Waals surface area contributed by atoms with Crippen molar-refractivity contribution >= 4 is 17.8 Å². The fourth-order valence-electron chi connectivity index (χ4n) is 5.15. The third kappa shape index (κ3) is 3.02. The molecule has 0 radical (unpaired) electrons. The smallest absolute Gasteiger partial charge is 0.325 e. The number of amides is 2. The minimum absolute atomic E-state index is 0.0463. The van der Waals surface area contributed by atoms with Gasteiger partial charge in [0.15, 0.2) is 5.72 Å². The van der Waals surface area contributed by atoms with E-state index in [0.29, 0.717) is 30.8 Å². The molecule has 3 fully saturated rings. The van der Waals surface area contributed by atoms with Crippen LogP contribution >= 0.6 is 0 Å². The van der Waals surface area contributed by atoms with E-state index in [4.69, 9.17) is 9.47 Å². The Morgan fingerprint density at radius 2 is 2.14 bits per heavy atom. The molecule has 4 aliphatic rings. The van der Waals surface area contributed by atoms with Crippen LogP contribution in [0.25, 0.3) is 0 Å². The van der Waals surface area contributed by atoms with E-state index >= 15 is 0 Å². The van der Waals surface area contributed by atoms with Crippen LogP contribution in [-0.2, 0) is 14.3 Å². The average Bonchev–Trinajstić information content (AvgIpc) is 2.66. The highest BCUT2D eigenvalue weighted by Crippen LogP contribution is 2.58. The lowest BCUT2D eigenvalue weighted by atomic mass is 9.52. The molecule has 28 heavy (non-hydrogen) atoms. The second kappa shape index (κ2) is 6.79. The number of hydrogen-bond acceptors (Lipinski definition) is 5. The van der Waals surface area contributed by atoms with Gasteiger partial charge in [-0.2, -0.15) is 0 Å². The van der Waals surface area contributed by atoms with Gasteiger partial charge in [0, 0.05) is 18.3 Å². The summed E-state index contributed by atoms with van der Waals surface area (Å²) < 4.78 is 11.2. The molecular formula is C21H26N2O5. The molecule has 2 N–H and O–H groups in total. The number of para-hydroxylation sites is 1. The molecule has 0 unspecified atom stereocenters. The number of esters is 1. The lowest BCUT2D eigenvalue weighted by Gasteiger charge is -2.59. The molecule has 1 aromatic carbocycles. The van der Waals surface area contributed by atoms with Gasteiger partial charge in [-0.3, -0.25) is 14.4 Å². The third-order valence-electron chi connectivity index (χ3n) is 6.53. The van der Waals surface area contributed by atoms with Crippen molar-refractivity contribution in [2.45, 2.75) is 45.3 Å². The van der Waals surface area contributed by atoms with Gasteiger partial charge in [-0.15, -0.1) is 0 Å². The minimum Gasteiger partial charge on any atom is -0.467 e. The van der Waals surface area contributed by atoms with Gasteiger partial charge in [0.1, 0.15) is 12.3 Å². The number of nitrogens with one attached hydrogen (secondary N) is 2. The van der Waals surface area contributed by atoms with E-state index in [1.165, 1.54) is 0 Å².